The number of carbonyl (C=O) groups is 2. The van der Waals surface area contributed by atoms with E-state index in [9.17, 15) is 57.5 Å². The van der Waals surface area contributed by atoms with Gasteiger partial charge in [0.15, 0.2) is 56.5 Å². The lowest BCUT2D eigenvalue weighted by Gasteiger charge is -2.13. The van der Waals surface area contributed by atoms with Crippen molar-refractivity contribution in [3.05, 3.63) is 345 Å². The Morgan fingerprint density at radius 3 is 1.12 bits per heavy atom. The summed E-state index contributed by atoms with van der Waals surface area (Å²) in [5.74, 6) is -1.39. The summed E-state index contributed by atoms with van der Waals surface area (Å²) in [6.45, 7) is 0. The predicted molar refractivity (Wildman–Crippen MR) is 471 cm³/mol. The lowest BCUT2D eigenvalue weighted by atomic mass is 10.1. The molecule has 17 aromatic rings. The highest BCUT2D eigenvalue weighted by Gasteiger charge is 2.19. The Hall–Kier alpha value is -13.7. The second kappa shape index (κ2) is 41.6. The molecule has 0 radical (unpaired) electrons. The third-order valence-corrected chi connectivity index (χ3v) is 21.9. The van der Waals surface area contributed by atoms with Crippen molar-refractivity contribution in [2.24, 2.45) is 0 Å². The molecule has 2 amide bonds. The summed E-state index contributed by atoms with van der Waals surface area (Å²) in [4.78, 5) is 74.3. The van der Waals surface area contributed by atoms with Gasteiger partial charge < -0.3 is 45.3 Å². The number of ether oxygens (including phenoxy) is 4. The van der Waals surface area contributed by atoms with E-state index in [0.29, 0.717) is 45.5 Å². The van der Waals surface area contributed by atoms with E-state index in [4.69, 9.17) is 71.7 Å². The molecule has 0 unspecified atom stereocenters. The maximum atomic E-state index is 14.6. The quantitative estimate of drug-likeness (QED) is 0.0245. The van der Waals surface area contributed by atoms with E-state index in [1.807, 2.05) is 124 Å². The third kappa shape index (κ3) is 24.0. The van der Waals surface area contributed by atoms with E-state index in [1.165, 1.54) is 70.4 Å². The number of aromatic hydroxyl groups is 1. The number of nitro groups is 3. The second-order valence-electron chi connectivity index (χ2n) is 24.4. The van der Waals surface area contributed by atoms with Crippen LogP contribution in [0.2, 0.25) is 10.0 Å². The number of halogens is 6. The maximum Gasteiger partial charge on any atom is 0.272 e. The monoisotopic (exact) mass is 1800 g/mol. The molecule has 0 atom stereocenters. The molecular weight excluding hydrogens is 1740 g/mol. The number of nitrogens with one attached hydrogen (secondary N) is 4. The molecule has 0 fully saturated rings. The summed E-state index contributed by atoms with van der Waals surface area (Å²) in [5.41, 5.74) is 5.95. The van der Waals surface area contributed by atoms with Crippen molar-refractivity contribution in [1.29, 1.82) is 0 Å². The molecule has 5 N–H and O–H groups in total. The number of aromatic nitrogens is 5. The number of non-ortho nitro benzene ring substituents is 3. The van der Waals surface area contributed by atoms with Gasteiger partial charge in [-0.2, -0.15) is 0 Å². The van der Waals surface area contributed by atoms with Crippen LogP contribution >= 0.6 is 104 Å². The number of hydrogen-bond acceptors (Lipinski definition) is 25. The second-order valence-corrected chi connectivity index (χ2v) is 30.6. The van der Waals surface area contributed by atoms with Gasteiger partial charge in [0.2, 0.25) is 11.8 Å². The first kappa shape index (κ1) is 86.6. The molecule has 121 heavy (non-hydrogen) atoms. The van der Waals surface area contributed by atoms with Crippen LogP contribution in [0.5, 0.6) is 51.7 Å². The Kier molecular flexibility index (Phi) is 29.8. The number of hydrogen-bond donors (Lipinski definition) is 5. The Bertz CT molecular complexity index is 6500. The number of phenols is 1. The molecular formula is C83H54Cl2F4N12O13S7. The van der Waals surface area contributed by atoms with Crippen LogP contribution < -0.4 is 40.2 Å². The van der Waals surface area contributed by atoms with Crippen molar-refractivity contribution in [1.82, 2.24) is 35.6 Å². The van der Waals surface area contributed by atoms with Crippen molar-refractivity contribution in [3.8, 4) is 51.7 Å². The number of nitrogens with zero attached hydrogens (tertiary/aromatic N) is 8. The number of carbonyl (C=O) groups excluding carboxylic acids is 2. The minimum atomic E-state index is -0.987. The van der Waals surface area contributed by atoms with Crippen molar-refractivity contribution in [2.75, 3.05) is 10.6 Å². The Balaban J connectivity index is 0.000000138. The summed E-state index contributed by atoms with van der Waals surface area (Å²) in [6.07, 6.45) is 8.62. The van der Waals surface area contributed by atoms with E-state index >= 15 is 0 Å². The first-order valence-corrected chi connectivity index (χ1v) is 40.8. The summed E-state index contributed by atoms with van der Waals surface area (Å²) < 4.78 is 81.7. The zero-order valence-corrected chi connectivity index (χ0v) is 68.7. The zero-order valence-electron chi connectivity index (χ0n) is 61.4. The van der Waals surface area contributed by atoms with Crippen LogP contribution in [0.1, 0.15) is 11.1 Å². The molecule has 17 rings (SSSR count). The van der Waals surface area contributed by atoms with Gasteiger partial charge in [-0.1, -0.05) is 83.9 Å². The Morgan fingerprint density at radius 1 is 0.388 bits per heavy atom. The molecule has 25 nitrogen and oxygen atoms in total. The van der Waals surface area contributed by atoms with Gasteiger partial charge in [0.1, 0.15) is 28.7 Å². The average molecular weight is 1800 g/mol. The van der Waals surface area contributed by atoms with Crippen LogP contribution in [-0.4, -0.2) is 66.8 Å². The van der Waals surface area contributed by atoms with Crippen LogP contribution in [0, 0.1) is 53.6 Å². The van der Waals surface area contributed by atoms with Crippen LogP contribution in [-0.2, 0) is 22.4 Å². The molecule has 7 aromatic carbocycles. The van der Waals surface area contributed by atoms with Crippen molar-refractivity contribution in [3.63, 3.8) is 0 Å². The standard InChI is InChI=1S/C22H16ClN3O2S2.C22H16FN3O2S2.2C13H7FN2O3S.C7H4ClNS.C6H4FNO3/c23-16-13-15(28-19-8-10-24-18-9-11-30-21(18)19)6-7-17(16)25-22(29)26-20(27)12-14-4-2-1-3-5-14;23-16-13-15(25-22(29)26-20(27)12-14-4-2-1-3-5-14)6-7-18(16)28-19-8-10-24-17-9-11-30-21(17)19;2*14-9-7-8(16(17)18)1-2-11(9)19-12-3-5-15-10-4-6-20-13(10)12;8-5-1-3-9-6-2-4-10-7(5)6;7-5-3-4(8(10)11)1-2-6(5)9/h2*1-11,13H,12H2,(H2,25,26,27,29);2*1-7H;1-4H;1-3,9H. The summed E-state index contributed by atoms with van der Waals surface area (Å²) in [5, 5.41) is 61.8. The molecule has 0 saturated carbocycles. The normalized spacial score (nSPS) is 10.5. The van der Waals surface area contributed by atoms with Crippen LogP contribution in [0.3, 0.4) is 0 Å². The van der Waals surface area contributed by atoms with E-state index < -0.39 is 43.8 Å². The van der Waals surface area contributed by atoms with Gasteiger partial charge in [-0.15, -0.1) is 56.7 Å². The van der Waals surface area contributed by atoms with Gasteiger partial charge in [0.05, 0.1) is 113 Å². The maximum absolute atomic E-state index is 14.6. The number of nitro benzene ring substituents is 3. The van der Waals surface area contributed by atoms with Crippen LogP contribution in [0.4, 0.5) is 46.0 Å². The first-order valence-electron chi connectivity index (χ1n) is 34.8. The number of amides is 2. The molecule has 0 aliphatic carbocycles. The summed E-state index contributed by atoms with van der Waals surface area (Å²) in [6, 6.07) is 55.6. The number of thiophene rings is 5. The van der Waals surface area contributed by atoms with Crippen molar-refractivity contribution >= 4 is 206 Å². The molecule has 0 aliphatic heterocycles. The first-order chi connectivity index (χ1) is 58.4. The largest absolute Gasteiger partial charge is 0.505 e. The SMILES string of the molecule is Clc1ccnc2ccsc12.O=C(Cc1ccccc1)NC(=S)Nc1ccc(Oc2ccnc3ccsc23)c(F)c1.O=C(Cc1ccccc1)NC(=S)Nc1ccc(Oc2ccnc3ccsc23)cc1Cl.O=[N+]([O-])c1ccc(O)c(F)c1.O=[N+]([O-])c1ccc(Oc2ccnc3ccsc23)c(F)c1.O=[N+]([O-])c1ccc(Oc2ccnc3ccsc23)c(F)c1. The van der Waals surface area contributed by atoms with Gasteiger partial charge in [0.25, 0.3) is 17.1 Å². The predicted octanol–water partition coefficient (Wildman–Crippen LogP) is 23.7. The highest BCUT2D eigenvalue weighted by atomic mass is 35.5. The molecule has 0 aliphatic rings. The topological polar surface area (TPSA) is 333 Å². The van der Waals surface area contributed by atoms with Gasteiger partial charge >= 0.3 is 0 Å². The van der Waals surface area contributed by atoms with E-state index in [2.05, 4.69) is 46.2 Å². The molecule has 608 valence electrons. The molecule has 0 saturated heterocycles. The smallest absolute Gasteiger partial charge is 0.272 e. The van der Waals surface area contributed by atoms with Gasteiger partial charge in [-0.3, -0.25) is 64.9 Å². The number of thiocarbonyl (C=S) groups is 2. The number of benzene rings is 7. The fourth-order valence-electron chi connectivity index (χ4n) is 10.6. The van der Waals surface area contributed by atoms with Crippen LogP contribution in [0.15, 0.2) is 270 Å². The Labute approximate surface area is 722 Å². The minimum Gasteiger partial charge on any atom is -0.505 e. The molecule has 38 heteroatoms. The third-order valence-electron chi connectivity index (χ3n) is 16.1. The minimum absolute atomic E-state index is 0.0588. The van der Waals surface area contributed by atoms with E-state index in [1.54, 1.807) is 102 Å². The van der Waals surface area contributed by atoms with Gasteiger partial charge in [-0.25, -0.2) is 17.6 Å². The lowest BCUT2D eigenvalue weighted by molar-refractivity contribution is -0.385. The average Bonchev–Trinajstić information content (AvgIpc) is 1.76. The Morgan fingerprint density at radius 2 is 0.744 bits per heavy atom. The lowest BCUT2D eigenvalue weighted by Crippen LogP contribution is -2.35. The van der Waals surface area contributed by atoms with Crippen molar-refractivity contribution < 1.29 is 66.0 Å². The van der Waals surface area contributed by atoms with Gasteiger partial charge in [0, 0.05) is 91.3 Å². The number of rotatable bonds is 17. The number of pyridine rings is 5. The number of phenolic OH excluding ortho intramolecular Hbond substituents is 1. The van der Waals surface area contributed by atoms with E-state index in [-0.39, 0.29) is 69.2 Å². The highest BCUT2D eigenvalue weighted by Crippen LogP contribution is 2.40. The number of anilines is 2. The fourth-order valence-corrected chi connectivity index (χ4v) is 15.5. The summed E-state index contributed by atoms with van der Waals surface area (Å²) in [7, 11) is 0. The zero-order chi connectivity index (χ0) is 85.5. The van der Waals surface area contributed by atoms with Crippen molar-refractivity contribution in [2.45, 2.75) is 12.8 Å². The molecule has 0 bridgehead atoms. The van der Waals surface area contributed by atoms with Gasteiger partial charge in [-0.05, 0) is 141 Å². The molecule has 10 heterocycles. The van der Waals surface area contributed by atoms with E-state index in [0.717, 1.165) is 97.2 Å². The highest BCUT2D eigenvalue weighted by molar-refractivity contribution is 7.80. The fraction of sp³-hybridized carbons (Fsp3) is 0.0241. The van der Waals surface area contributed by atoms with Crippen LogP contribution in [0.25, 0.3) is 51.1 Å². The molecule has 0 spiro atoms. The number of fused-ring (bicyclic) bond motifs is 5. The summed E-state index contributed by atoms with van der Waals surface area (Å²) >= 11 is 30.1. The molecule has 10 aromatic heterocycles.